The first-order valence-electron chi connectivity index (χ1n) is 14.1. The van der Waals surface area contributed by atoms with Crippen LogP contribution in [-0.4, -0.2) is 35.6 Å². The predicted octanol–water partition coefficient (Wildman–Crippen LogP) is 11.9. The number of hydrogen-bond acceptors (Lipinski definition) is 0. The normalized spacial score (nSPS) is 10.6. The standard InChI is InChI=1S/C30H37Ge.2C2H6Si.Cl2HP/c1-18(2)22-12-9-13-23(19(3)4)28(22)26-16-11-17-27(30(26)31)29-24(20(5)6)14-10-15-25(29)21(7)8;3*1-3-2/h9-21H,1-8H3;2*1-2H3;3H. The first-order chi connectivity index (χ1) is 18.9. The van der Waals surface area contributed by atoms with Gasteiger partial charge in [0.25, 0.3) is 0 Å². The minimum atomic E-state index is 0.0278. The van der Waals surface area contributed by atoms with Crippen molar-refractivity contribution in [2.75, 3.05) is 0 Å². The third kappa shape index (κ3) is 11.7. The van der Waals surface area contributed by atoms with Crippen LogP contribution in [0.5, 0.6) is 0 Å². The van der Waals surface area contributed by atoms with E-state index >= 15 is 0 Å². The van der Waals surface area contributed by atoms with Crippen LogP contribution in [-0.2, 0) is 0 Å². The van der Waals surface area contributed by atoms with Crippen molar-refractivity contribution < 1.29 is 0 Å². The molecular formula is C34H50Cl2GePSi2. The molecule has 0 bridgehead atoms. The summed E-state index contributed by atoms with van der Waals surface area (Å²) in [4.78, 5) is 0. The molecule has 0 saturated heterocycles. The smallest absolute Gasteiger partial charge is 0.0713 e. The molecule has 0 atom stereocenters. The first-order valence-corrected chi connectivity index (χ1v) is 22.2. The van der Waals surface area contributed by atoms with Crippen molar-refractivity contribution >= 4 is 69.7 Å². The number of hydrogen-bond donors (Lipinski definition) is 0. The summed E-state index contributed by atoms with van der Waals surface area (Å²) >= 11 is 11.9. The average Bonchev–Trinajstić information content (AvgIpc) is 2.89. The molecule has 0 aliphatic rings. The SMILES string of the molecule is CC(C)c1cccc(C(C)C)c1-c1cccc(-c2c(C(C)C)cccc2C(C)C)[c]1[Ge].C[Si]C.C[Si]C.ClPCl. The minimum Gasteiger partial charge on any atom is -0.0818 e. The van der Waals surface area contributed by atoms with E-state index < -0.39 is 0 Å². The summed E-state index contributed by atoms with van der Waals surface area (Å²) in [6.45, 7) is 27.1. The van der Waals surface area contributed by atoms with Gasteiger partial charge in [-0.05, 0) is 0 Å². The van der Waals surface area contributed by atoms with Crippen LogP contribution < -0.4 is 4.40 Å². The molecule has 0 saturated carbocycles. The Morgan fingerprint density at radius 1 is 0.525 bits per heavy atom. The fourth-order valence-corrected chi connectivity index (χ4v) is 5.57. The first kappa shape index (κ1) is 39.6. The van der Waals surface area contributed by atoms with Gasteiger partial charge in [-0.2, -0.15) is 0 Å². The molecule has 217 valence electrons. The molecule has 0 N–H and O–H groups in total. The van der Waals surface area contributed by atoms with Gasteiger partial charge in [-0.25, -0.2) is 0 Å². The number of rotatable bonds is 6. The van der Waals surface area contributed by atoms with E-state index in [-0.39, 0.29) is 7.29 Å². The molecule has 3 aromatic carbocycles. The molecule has 6 heteroatoms. The second kappa shape index (κ2) is 21.4. The van der Waals surface area contributed by atoms with Crippen molar-refractivity contribution in [2.24, 2.45) is 0 Å². The van der Waals surface area contributed by atoms with Gasteiger partial charge in [0.05, 0.1) is 7.29 Å². The molecule has 0 fully saturated rings. The van der Waals surface area contributed by atoms with Gasteiger partial charge in [0.15, 0.2) is 0 Å². The molecule has 0 spiro atoms. The van der Waals surface area contributed by atoms with Crippen molar-refractivity contribution in [3.8, 4) is 22.3 Å². The fraction of sp³-hybridized carbons (Fsp3) is 0.471. The molecule has 7 radical (unpaired) electrons. The van der Waals surface area contributed by atoms with E-state index in [2.05, 4.69) is 153 Å². The van der Waals surface area contributed by atoms with Crippen LogP contribution in [0.3, 0.4) is 0 Å². The van der Waals surface area contributed by atoms with E-state index in [1.54, 1.807) is 0 Å². The Morgan fingerprint density at radius 2 is 0.725 bits per heavy atom. The van der Waals surface area contributed by atoms with Gasteiger partial charge in [-0.15, -0.1) is 0 Å². The summed E-state index contributed by atoms with van der Waals surface area (Å²) in [6, 6.07) is 20.7. The number of benzene rings is 3. The minimum absolute atomic E-state index is 0.0278. The van der Waals surface area contributed by atoms with Crippen molar-refractivity contribution in [3.05, 3.63) is 76.9 Å². The molecule has 0 nitrogen and oxygen atoms in total. The average molecular weight is 689 g/mol. The van der Waals surface area contributed by atoms with Crippen molar-refractivity contribution in [1.82, 2.24) is 0 Å². The van der Waals surface area contributed by atoms with Gasteiger partial charge in [-0.3, -0.25) is 0 Å². The Hall–Kier alpha value is -0.353. The van der Waals surface area contributed by atoms with Crippen LogP contribution in [0, 0.1) is 0 Å². The summed E-state index contributed by atoms with van der Waals surface area (Å²) in [7, 11) is 2.19. The molecule has 0 amide bonds. The number of halogens is 2. The van der Waals surface area contributed by atoms with Crippen LogP contribution in [0.4, 0.5) is 0 Å². The zero-order valence-electron chi connectivity index (χ0n) is 26.8. The summed E-state index contributed by atoms with van der Waals surface area (Å²) in [5.41, 5.74) is 11.5. The molecule has 0 aliphatic carbocycles. The van der Waals surface area contributed by atoms with E-state index in [0.29, 0.717) is 23.7 Å². The van der Waals surface area contributed by atoms with Crippen LogP contribution in [0.2, 0.25) is 26.2 Å². The van der Waals surface area contributed by atoms with Crippen molar-refractivity contribution in [2.45, 2.75) is 105 Å². The quantitative estimate of drug-likeness (QED) is 0.179. The van der Waals surface area contributed by atoms with Crippen LogP contribution in [0.1, 0.15) is 101 Å². The Balaban J connectivity index is 0.00000149. The van der Waals surface area contributed by atoms with Crippen molar-refractivity contribution in [3.63, 3.8) is 0 Å². The third-order valence-electron chi connectivity index (χ3n) is 6.35. The summed E-state index contributed by atoms with van der Waals surface area (Å²) < 4.78 is 1.40. The Kier molecular flexibility index (Phi) is 21.2. The third-order valence-corrected chi connectivity index (χ3v) is 7.48. The van der Waals surface area contributed by atoms with Crippen molar-refractivity contribution in [1.29, 1.82) is 0 Å². The maximum Gasteiger partial charge on any atom is 0.0713 e. The Labute approximate surface area is 272 Å². The van der Waals surface area contributed by atoms with Gasteiger partial charge in [-0.1, -0.05) is 48.7 Å². The molecule has 0 heterocycles. The van der Waals surface area contributed by atoms with Gasteiger partial charge in [0.1, 0.15) is 0 Å². The van der Waals surface area contributed by atoms with E-state index in [1.165, 1.54) is 48.9 Å². The largest absolute Gasteiger partial charge is 0.0818 e. The van der Waals surface area contributed by atoms with Gasteiger partial charge < -0.3 is 0 Å². The molecule has 3 rings (SSSR count). The maximum absolute atomic E-state index is 4.79. The maximum atomic E-state index is 4.79. The predicted molar refractivity (Wildman–Crippen MR) is 194 cm³/mol. The summed E-state index contributed by atoms with van der Waals surface area (Å²) in [6.07, 6.45) is 0. The molecule has 0 unspecified atom stereocenters. The Morgan fingerprint density at radius 3 is 0.925 bits per heavy atom. The van der Waals surface area contributed by atoms with Crippen LogP contribution in [0.15, 0.2) is 54.6 Å². The molecule has 3 aromatic rings. The van der Waals surface area contributed by atoms with Gasteiger partial charge >= 0.3 is 199 Å². The monoisotopic (exact) mass is 689 g/mol. The van der Waals surface area contributed by atoms with E-state index in [4.69, 9.17) is 22.5 Å². The van der Waals surface area contributed by atoms with Gasteiger partial charge in [0.2, 0.25) is 0 Å². The second-order valence-electron chi connectivity index (χ2n) is 11.0. The molecule has 40 heavy (non-hydrogen) atoms. The van der Waals surface area contributed by atoms with E-state index in [0.717, 1.165) is 19.0 Å². The zero-order chi connectivity index (χ0) is 31.0. The Bertz CT molecular complexity index is 992. The molecule has 0 aliphatic heterocycles. The molecular weight excluding hydrogens is 639 g/mol. The van der Waals surface area contributed by atoms with E-state index in [9.17, 15) is 0 Å². The molecule has 0 aromatic heterocycles. The van der Waals surface area contributed by atoms with Crippen LogP contribution >= 0.6 is 29.8 Å². The second-order valence-corrected chi connectivity index (χ2v) is 15.9. The van der Waals surface area contributed by atoms with E-state index in [1.807, 2.05) is 0 Å². The zero-order valence-corrected chi connectivity index (χ0v) is 33.4. The summed E-state index contributed by atoms with van der Waals surface area (Å²) in [5.74, 6) is 1.97. The summed E-state index contributed by atoms with van der Waals surface area (Å²) in [5, 5.41) is 0. The fourth-order valence-electron chi connectivity index (χ4n) is 4.69. The van der Waals surface area contributed by atoms with Gasteiger partial charge in [0, 0.05) is 19.0 Å². The topological polar surface area (TPSA) is 0 Å². The van der Waals surface area contributed by atoms with Crippen LogP contribution in [0.25, 0.3) is 22.3 Å².